The molecule has 1 unspecified atom stereocenters. The third kappa shape index (κ3) is 6.48. The number of hydrogen-bond acceptors (Lipinski definition) is 6. The van der Waals surface area contributed by atoms with E-state index in [-0.39, 0.29) is 12.2 Å². The molecule has 2 fully saturated rings. The normalized spacial score (nSPS) is 22.8. The molecule has 1 aromatic heterocycles. The fourth-order valence-corrected chi connectivity index (χ4v) is 5.84. The number of pyridine rings is 1. The van der Waals surface area contributed by atoms with E-state index in [4.69, 9.17) is 14.5 Å². The maximum absolute atomic E-state index is 14.3. The molecule has 0 aliphatic carbocycles. The van der Waals surface area contributed by atoms with Crippen LogP contribution < -0.4 is 5.32 Å². The van der Waals surface area contributed by atoms with Crippen LogP contribution in [0, 0.1) is 5.82 Å². The van der Waals surface area contributed by atoms with Gasteiger partial charge in [0.05, 0.1) is 12.2 Å². The van der Waals surface area contributed by atoms with Gasteiger partial charge in [-0.1, -0.05) is 12.1 Å². The summed E-state index contributed by atoms with van der Waals surface area (Å²) in [5.41, 5.74) is 3.72. The monoisotopic (exact) mass is 511 g/mol. The molecule has 0 radical (unpaired) electrons. The number of carbonyl (C=O) groups is 1. The number of halogens is 1. The number of aryl methyl sites for hydroxylation is 2. The number of carboxylic acids is 1. The van der Waals surface area contributed by atoms with E-state index >= 15 is 0 Å². The van der Waals surface area contributed by atoms with Crippen molar-refractivity contribution >= 4 is 11.8 Å². The average molecular weight is 512 g/mol. The zero-order chi connectivity index (χ0) is 25.6. The second kappa shape index (κ2) is 12.3. The predicted octanol–water partition coefficient (Wildman–Crippen LogP) is 5.06. The van der Waals surface area contributed by atoms with Crippen LogP contribution in [0.3, 0.4) is 0 Å². The number of hydrogen-bond donors (Lipinski definition) is 2. The van der Waals surface area contributed by atoms with Crippen molar-refractivity contribution in [2.75, 3.05) is 38.2 Å². The fraction of sp³-hybridized carbons (Fsp3) is 0.586. The van der Waals surface area contributed by atoms with E-state index in [0.717, 1.165) is 81.4 Å². The first kappa shape index (κ1) is 26.1. The number of anilines is 1. The van der Waals surface area contributed by atoms with Gasteiger partial charge in [0.15, 0.2) is 0 Å². The van der Waals surface area contributed by atoms with Crippen molar-refractivity contribution in [3.8, 4) is 0 Å². The molecule has 2 aromatic rings. The van der Waals surface area contributed by atoms with Crippen molar-refractivity contribution in [2.24, 2.45) is 0 Å². The Morgan fingerprint density at radius 2 is 2.14 bits per heavy atom. The molecule has 0 amide bonds. The molecule has 37 heavy (non-hydrogen) atoms. The van der Waals surface area contributed by atoms with Crippen molar-refractivity contribution in [1.29, 1.82) is 0 Å². The molecular weight excluding hydrogens is 473 g/mol. The van der Waals surface area contributed by atoms with E-state index in [1.807, 2.05) is 4.90 Å². The summed E-state index contributed by atoms with van der Waals surface area (Å²) >= 11 is 0. The van der Waals surface area contributed by atoms with Crippen molar-refractivity contribution < 1.29 is 23.8 Å². The quantitative estimate of drug-likeness (QED) is 0.432. The predicted molar refractivity (Wildman–Crippen MR) is 139 cm³/mol. The standard InChI is InChI=1S/C29H38FN3O4/c30-21-10-12-24(26-8-2-4-17-37-26)25(18-21)27(29(34)35)33-15-13-23(19-33)36-16-3-1-7-22-11-9-20-6-5-14-31-28(20)32-22/h9-12,18,23,26-27H,1-8,13-17,19H2,(H,31,32)(H,34,35)/t23-,26-,27?/m0/s1. The summed E-state index contributed by atoms with van der Waals surface area (Å²) in [7, 11) is 0. The number of fused-ring (bicyclic) bond motifs is 1. The molecule has 0 spiro atoms. The number of benzene rings is 1. The molecule has 200 valence electrons. The molecule has 4 heterocycles. The maximum atomic E-state index is 14.3. The zero-order valence-corrected chi connectivity index (χ0v) is 21.5. The number of nitrogens with zero attached hydrogens (tertiary/aromatic N) is 2. The number of rotatable bonds is 10. The van der Waals surface area contributed by atoms with Crippen LogP contribution in [0.2, 0.25) is 0 Å². The Hall–Kier alpha value is -2.55. The van der Waals surface area contributed by atoms with Crippen molar-refractivity contribution in [3.05, 3.63) is 58.5 Å². The molecule has 3 atom stereocenters. The van der Waals surface area contributed by atoms with E-state index in [9.17, 15) is 14.3 Å². The van der Waals surface area contributed by atoms with Crippen molar-refractivity contribution in [3.63, 3.8) is 0 Å². The highest BCUT2D eigenvalue weighted by Gasteiger charge is 2.36. The molecule has 0 saturated carbocycles. The minimum absolute atomic E-state index is 0.0177. The first-order valence-electron chi connectivity index (χ1n) is 13.8. The molecule has 2 N–H and O–H groups in total. The number of likely N-dealkylation sites (tertiary alicyclic amines) is 1. The van der Waals surface area contributed by atoms with Gasteiger partial charge in [0.2, 0.25) is 0 Å². The molecule has 8 heteroatoms. The van der Waals surface area contributed by atoms with Crippen LogP contribution in [0.15, 0.2) is 30.3 Å². The van der Waals surface area contributed by atoms with Gasteiger partial charge in [-0.25, -0.2) is 9.37 Å². The van der Waals surface area contributed by atoms with Crippen molar-refractivity contribution in [1.82, 2.24) is 9.88 Å². The van der Waals surface area contributed by atoms with Gasteiger partial charge in [-0.15, -0.1) is 0 Å². The van der Waals surface area contributed by atoms with Crippen LogP contribution in [0.25, 0.3) is 0 Å². The lowest BCUT2D eigenvalue weighted by molar-refractivity contribution is -0.143. The molecular formula is C29H38FN3O4. The number of ether oxygens (including phenoxy) is 2. The van der Waals surface area contributed by atoms with Crippen LogP contribution in [-0.2, 0) is 27.1 Å². The number of aromatic nitrogens is 1. The van der Waals surface area contributed by atoms with Crippen LogP contribution >= 0.6 is 0 Å². The lowest BCUT2D eigenvalue weighted by atomic mass is 9.92. The van der Waals surface area contributed by atoms with Crippen LogP contribution in [0.4, 0.5) is 10.2 Å². The second-order valence-corrected chi connectivity index (χ2v) is 10.4. The van der Waals surface area contributed by atoms with E-state index in [1.165, 1.54) is 17.7 Å². The first-order chi connectivity index (χ1) is 18.1. The molecule has 3 aliphatic heterocycles. The summed E-state index contributed by atoms with van der Waals surface area (Å²) < 4.78 is 26.3. The van der Waals surface area contributed by atoms with Crippen LogP contribution in [0.5, 0.6) is 0 Å². The van der Waals surface area contributed by atoms with Gasteiger partial charge in [0, 0.05) is 38.5 Å². The summed E-state index contributed by atoms with van der Waals surface area (Å²) in [6.45, 7) is 3.41. The van der Waals surface area contributed by atoms with Crippen LogP contribution in [0.1, 0.15) is 79.5 Å². The number of aliphatic carboxylic acids is 1. The Balaban J connectivity index is 1.13. The van der Waals surface area contributed by atoms with Gasteiger partial charge in [0.1, 0.15) is 17.7 Å². The largest absolute Gasteiger partial charge is 0.480 e. The molecule has 3 aliphatic rings. The number of unbranched alkanes of at least 4 members (excludes halogenated alkanes) is 1. The third-order valence-corrected chi connectivity index (χ3v) is 7.78. The highest BCUT2D eigenvalue weighted by atomic mass is 19.1. The lowest BCUT2D eigenvalue weighted by Gasteiger charge is -2.30. The van der Waals surface area contributed by atoms with Gasteiger partial charge in [-0.2, -0.15) is 0 Å². The fourth-order valence-electron chi connectivity index (χ4n) is 5.84. The van der Waals surface area contributed by atoms with E-state index in [2.05, 4.69) is 17.4 Å². The zero-order valence-electron chi connectivity index (χ0n) is 21.5. The lowest BCUT2D eigenvalue weighted by Crippen LogP contribution is -2.34. The Morgan fingerprint density at radius 3 is 2.97 bits per heavy atom. The second-order valence-electron chi connectivity index (χ2n) is 10.4. The smallest absolute Gasteiger partial charge is 0.325 e. The van der Waals surface area contributed by atoms with Crippen molar-refractivity contribution in [2.45, 2.75) is 76.0 Å². The highest BCUT2D eigenvalue weighted by molar-refractivity contribution is 5.76. The van der Waals surface area contributed by atoms with E-state index in [0.29, 0.717) is 31.9 Å². The molecule has 1 aromatic carbocycles. The first-order valence-corrected chi connectivity index (χ1v) is 13.8. The van der Waals surface area contributed by atoms with E-state index < -0.39 is 17.8 Å². The maximum Gasteiger partial charge on any atom is 0.325 e. The van der Waals surface area contributed by atoms with Crippen LogP contribution in [-0.4, -0.2) is 59.9 Å². The summed E-state index contributed by atoms with van der Waals surface area (Å²) in [6, 6.07) is 7.90. The highest BCUT2D eigenvalue weighted by Crippen LogP contribution is 2.36. The van der Waals surface area contributed by atoms with E-state index in [1.54, 1.807) is 6.07 Å². The third-order valence-electron chi connectivity index (χ3n) is 7.78. The Labute approximate surface area is 218 Å². The summed E-state index contributed by atoms with van der Waals surface area (Å²) in [6.07, 6.45) is 8.53. The van der Waals surface area contributed by atoms with Gasteiger partial charge >= 0.3 is 5.97 Å². The van der Waals surface area contributed by atoms with Gasteiger partial charge in [-0.05, 0) is 92.7 Å². The Morgan fingerprint density at radius 1 is 1.22 bits per heavy atom. The molecule has 5 rings (SSSR count). The number of carboxylic acid groups (broad SMARTS) is 1. The summed E-state index contributed by atoms with van der Waals surface area (Å²) in [5, 5.41) is 13.5. The Bertz CT molecular complexity index is 1080. The molecule has 0 bridgehead atoms. The minimum Gasteiger partial charge on any atom is -0.480 e. The minimum atomic E-state index is -0.963. The Kier molecular flexibility index (Phi) is 8.69. The summed E-state index contributed by atoms with van der Waals surface area (Å²) in [4.78, 5) is 19.1. The molecule has 2 saturated heterocycles. The van der Waals surface area contributed by atoms with Gasteiger partial charge in [0.25, 0.3) is 0 Å². The topological polar surface area (TPSA) is 83.9 Å². The number of nitrogens with one attached hydrogen (secondary N) is 1. The SMILES string of the molecule is O=C(O)C(c1cc(F)ccc1[C@@H]1CCCCO1)N1CC[C@H](OCCCCc2ccc3c(n2)NCCC3)C1. The average Bonchev–Trinajstić information content (AvgIpc) is 3.37. The molecule has 7 nitrogen and oxygen atoms in total. The van der Waals surface area contributed by atoms with Gasteiger partial charge < -0.3 is 19.9 Å². The van der Waals surface area contributed by atoms with Gasteiger partial charge in [-0.3, -0.25) is 9.69 Å². The summed E-state index contributed by atoms with van der Waals surface area (Å²) in [5.74, 6) is -0.345.